The van der Waals surface area contributed by atoms with Crippen LogP contribution in [0.1, 0.15) is 46.5 Å². The molecular weight excluding hydrogens is 250 g/mol. The van der Waals surface area contributed by atoms with Crippen molar-refractivity contribution in [1.29, 1.82) is 0 Å². The zero-order valence-corrected chi connectivity index (χ0v) is 14.4. The van der Waals surface area contributed by atoms with Crippen LogP contribution in [0.3, 0.4) is 0 Å². The maximum atomic E-state index is 9.64. The van der Waals surface area contributed by atoms with Gasteiger partial charge < -0.3 is 20.2 Å². The molecule has 4 nitrogen and oxygen atoms in total. The predicted octanol–water partition coefficient (Wildman–Crippen LogP) is 1.54. The number of hydrogen-bond acceptors (Lipinski definition) is 4. The summed E-state index contributed by atoms with van der Waals surface area (Å²) in [5.41, 5.74) is 0.211. The third-order valence-electron chi connectivity index (χ3n) is 4.83. The Bertz CT molecular complexity index is 289. The van der Waals surface area contributed by atoms with Crippen LogP contribution in [0.15, 0.2) is 0 Å². The van der Waals surface area contributed by atoms with E-state index in [1.54, 1.807) is 0 Å². The Morgan fingerprint density at radius 2 is 1.85 bits per heavy atom. The number of aliphatic hydroxyl groups is 1. The van der Waals surface area contributed by atoms with Crippen LogP contribution < -0.4 is 5.32 Å². The highest BCUT2D eigenvalue weighted by molar-refractivity contribution is 4.98. The number of aliphatic hydroxyl groups excluding tert-OH is 1. The average Bonchev–Trinajstić information content (AvgIpc) is 2.30. The molecule has 1 aliphatic rings. The Morgan fingerprint density at radius 3 is 2.20 bits per heavy atom. The molecule has 0 amide bonds. The molecule has 0 radical (unpaired) electrons. The maximum absolute atomic E-state index is 9.64. The molecule has 1 saturated carbocycles. The molecule has 4 heteroatoms. The van der Waals surface area contributed by atoms with Crippen molar-refractivity contribution in [1.82, 2.24) is 15.1 Å². The smallest absolute Gasteiger partial charge is 0.0611 e. The van der Waals surface area contributed by atoms with E-state index in [0.29, 0.717) is 11.6 Å². The molecule has 0 aromatic heterocycles. The van der Waals surface area contributed by atoms with Gasteiger partial charge in [0.2, 0.25) is 0 Å². The second kappa shape index (κ2) is 7.21. The van der Waals surface area contributed by atoms with Crippen molar-refractivity contribution in [3.63, 3.8) is 0 Å². The minimum atomic E-state index is -0.173. The Balaban J connectivity index is 2.44. The summed E-state index contributed by atoms with van der Waals surface area (Å²) in [6.45, 7) is 8.72. The molecule has 2 N–H and O–H groups in total. The first-order chi connectivity index (χ1) is 9.23. The molecule has 1 atom stereocenters. The van der Waals surface area contributed by atoms with Crippen molar-refractivity contribution in [2.45, 2.75) is 63.6 Å². The molecule has 0 heterocycles. The van der Waals surface area contributed by atoms with Crippen LogP contribution >= 0.6 is 0 Å². The van der Waals surface area contributed by atoms with E-state index in [9.17, 15) is 5.11 Å². The molecule has 120 valence electrons. The van der Waals surface area contributed by atoms with Crippen molar-refractivity contribution in [3.8, 4) is 0 Å². The molecule has 0 bridgehead atoms. The summed E-state index contributed by atoms with van der Waals surface area (Å²) in [6, 6.07) is 0.400. The molecule has 1 unspecified atom stereocenters. The van der Waals surface area contributed by atoms with Gasteiger partial charge in [-0.05, 0) is 60.3 Å². The Labute approximate surface area is 125 Å². The topological polar surface area (TPSA) is 38.7 Å². The van der Waals surface area contributed by atoms with Gasteiger partial charge in [-0.15, -0.1) is 0 Å². The number of nitrogens with zero attached hydrogens (tertiary/aromatic N) is 2. The molecule has 1 aliphatic carbocycles. The Kier molecular flexibility index (Phi) is 6.45. The van der Waals surface area contributed by atoms with Gasteiger partial charge in [-0.25, -0.2) is 0 Å². The average molecular weight is 285 g/mol. The lowest BCUT2D eigenvalue weighted by Crippen LogP contribution is -2.57. The molecule has 1 fully saturated rings. The van der Waals surface area contributed by atoms with Gasteiger partial charge in [0.05, 0.1) is 6.61 Å². The number of rotatable bonds is 9. The summed E-state index contributed by atoms with van der Waals surface area (Å²) < 4.78 is 0. The third kappa shape index (κ3) is 4.69. The van der Waals surface area contributed by atoms with Crippen LogP contribution in [-0.2, 0) is 0 Å². The summed E-state index contributed by atoms with van der Waals surface area (Å²) in [4.78, 5) is 4.82. The normalized spacial score (nSPS) is 21.3. The second-order valence-electron chi connectivity index (χ2n) is 7.48. The lowest BCUT2D eigenvalue weighted by Gasteiger charge is -2.49. The summed E-state index contributed by atoms with van der Waals surface area (Å²) >= 11 is 0. The molecule has 1 rings (SSSR count). The van der Waals surface area contributed by atoms with Crippen LogP contribution in [0.4, 0.5) is 0 Å². The number of nitrogens with one attached hydrogen (secondary N) is 1. The molecule has 20 heavy (non-hydrogen) atoms. The van der Waals surface area contributed by atoms with E-state index in [2.05, 4.69) is 57.0 Å². The highest BCUT2D eigenvalue weighted by Gasteiger charge is 2.39. The van der Waals surface area contributed by atoms with Crippen molar-refractivity contribution >= 4 is 0 Å². The standard InChI is InChI=1S/C16H35N3O/c1-14(2)17-15(3,13-20)10-11-19(6)12-16(18(4)5)8-7-9-16/h14,17,20H,7-13H2,1-6H3. The van der Waals surface area contributed by atoms with E-state index in [4.69, 9.17) is 0 Å². The van der Waals surface area contributed by atoms with Gasteiger partial charge in [-0.2, -0.15) is 0 Å². The Morgan fingerprint density at radius 1 is 1.25 bits per heavy atom. The molecule has 0 aromatic carbocycles. The van der Waals surface area contributed by atoms with Crippen molar-refractivity contribution < 1.29 is 5.11 Å². The molecule has 0 spiro atoms. The van der Waals surface area contributed by atoms with Gasteiger partial charge >= 0.3 is 0 Å². The van der Waals surface area contributed by atoms with Crippen LogP contribution in [0.5, 0.6) is 0 Å². The minimum Gasteiger partial charge on any atom is -0.394 e. The van der Waals surface area contributed by atoms with Crippen molar-refractivity contribution in [2.24, 2.45) is 0 Å². The van der Waals surface area contributed by atoms with Crippen LogP contribution in [0.25, 0.3) is 0 Å². The van der Waals surface area contributed by atoms with E-state index in [0.717, 1.165) is 19.5 Å². The van der Waals surface area contributed by atoms with E-state index in [1.165, 1.54) is 19.3 Å². The first-order valence-electron chi connectivity index (χ1n) is 7.98. The fourth-order valence-corrected chi connectivity index (χ4v) is 3.24. The zero-order chi connectivity index (χ0) is 15.4. The quantitative estimate of drug-likeness (QED) is 0.674. The zero-order valence-electron chi connectivity index (χ0n) is 14.4. The molecule has 0 aliphatic heterocycles. The number of likely N-dealkylation sites (N-methyl/N-ethyl adjacent to an activating group) is 2. The van der Waals surface area contributed by atoms with Gasteiger partial charge in [0.25, 0.3) is 0 Å². The lowest BCUT2D eigenvalue weighted by molar-refractivity contribution is 0.0242. The first-order valence-corrected chi connectivity index (χ1v) is 7.98. The summed E-state index contributed by atoms with van der Waals surface area (Å²) in [6.07, 6.45) is 4.95. The van der Waals surface area contributed by atoms with Gasteiger partial charge in [0.1, 0.15) is 0 Å². The fourth-order valence-electron chi connectivity index (χ4n) is 3.24. The van der Waals surface area contributed by atoms with Gasteiger partial charge in [-0.3, -0.25) is 0 Å². The van der Waals surface area contributed by atoms with Gasteiger partial charge in [0.15, 0.2) is 0 Å². The van der Waals surface area contributed by atoms with E-state index < -0.39 is 0 Å². The van der Waals surface area contributed by atoms with Gasteiger partial charge in [-0.1, -0.05) is 13.8 Å². The van der Waals surface area contributed by atoms with Crippen LogP contribution in [-0.4, -0.2) is 72.9 Å². The summed E-state index contributed by atoms with van der Waals surface area (Å²) in [5, 5.41) is 13.1. The predicted molar refractivity (Wildman–Crippen MR) is 86.1 cm³/mol. The van der Waals surface area contributed by atoms with Crippen LogP contribution in [0, 0.1) is 0 Å². The highest BCUT2D eigenvalue weighted by Crippen LogP contribution is 2.36. The van der Waals surface area contributed by atoms with Crippen molar-refractivity contribution in [2.75, 3.05) is 40.8 Å². The molecule has 0 saturated heterocycles. The second-order valence-corrected chi connectivity index (χ2v) is 7.48. The summed E-state index contributed by atoms with van der Waals surface area (Å²) in [7, 11) is 6.60. The monoisotopic (exact) mass is 285 g/mol. The van der Waals surface area contributed by atoms with E-state index in [1.807, 2.05) is 0 Å². The lowest BCUT2D eigenvalue weighted by atomic mass is 9.75. The molecular formula is C16H35N3O. The van der Waals surface area contributed by atoms with Gasteiger partial charge in [0, 0.05) is 23.7 Å². The van der Waals surface area contributed by atoms with Crippen molar-refractivity contribution in [3.05, 3.63) is 0 Å². The third-order valence-corrected chi connectivity index (χ3v) is 4.83. The SMILES string of the molecule is CC(C)NC(C)(CO)CCN(C)CC1(N(C)C)CCC1. The minimum absolute atomic E-state index is 0.173. The van der Waals surface area contributed by atoms with E-state index in [-0.39, 0.29) is 12.1 Å². The Hall–Kier alpha value is -0.160. The summed E-state index contributed by atoms with van der Waals surface area (Å²) in [5.74, 6) is 0. The molecule has 0 aromatic rings. The largest absolute Gasteiger partial charge is 0.394 e. The van der Waals surface area contributed by atoms with Crippen LogP contribution in [0.2, 0.25) is 0 Å². The highest BCUT2D eigenvalue weighted by atomic mass is 16.3. The fraction of sp³-hybridized carbons (Fsp3) is 1.00. The maximum Gasteiger partial charge on any atom is 0.0611 e. The van der Waals surface area contributed by atoms with E-state index >= 15 is 0 Å². The first kappa shape index (κ1) is 17.9. The number of hydrogen-bond donors (Lipinski definition) is 2.